The van der Waals surface area contributed by atoms with E-state index in [-0.39, 0.29) is 0 Å². The van der Waals surface area contributed by atoms with Gasteiger partial charge >= 0.3 is 0 Å². The standard InChI is InChI=1S/C13H20N4/c1-2-14-7-8-15-6-5-11-3-4-12-13(9-11)17-10-16-12/h3-4,9-10,14-15H,2,5-8H2,1H3,(H,16,17). The van der Waals surface area contributed by atoms with Crippen molar-refractivity contribution in [1.29, 1.82) is 0 Å². The van der Waals surface area contributed by atoms with Gasteiger partial charge in [0.15, 0.2) is 0 Å². The van der Waals surface area contributed by atoms with Crippen LogP contribution in [0.15, 0.2) is 24.5 Å². The maximum Gasteiger partial charge on any atom is 0.0931 e. The molecule has 0 spiro atoms. The predicted molar refractivity (Wildman–Crippen MR) is 71.2 cm³/mol. The molecule has 0 fully saturated rings. The lowest BCUT2D eigenvalue weighted by Gasteiger charge is -2.05. The number of nitrogens with one attached hydrogen (secondary N) is 3. The first-order valence-electron chi connectivity index (χ1n) is 6.23. The minimum absolute atomic E-state index is 1.02. The number of benzene rings is 1. The highest BCUT2D eigenvalue weighted by atomic mass is 14.9. The van der Waals surface area contributed by atoms with Crippen LogP contribution < -0.4 is 10.6 Å². The van der Waals surface area contributed by atoms with Gasteiger partial charge in [-0.3, -0.25) is 0 Å². The smallest absolute Gasteiger partial charge is 0.0931 e. The third kappa shape index (κ3) is 3.54. The third-order valence-corrected chi connectivity index (χ3v) is 2.80. The van der Waals surface area contributed by atoms with Crippen molar-refractivity contribution in [3.05, 3.63) is 30.1 Å². The molecule has 0 unspecified atom stereocenters. The van der Waals surface area contributed by atoms with E-state index in [9.17, 15) is 0 Å². The summed E-state index contributed by atoms with van der Waals surface area (Å²) < 4.78 is 0. The van der Waals surface area contributed by atoms with Gasteiger partial charge in [-0.05, 0) is 37.2 Å². The van der Waals surface area contributed by atoms with Gasteiger partial charge in [-0.2, -0.15) is 0 Å². The Balaban J connectivity index is 1.75. The molecule has 0 aliphatic rings. The number of hydrogen-bond acceptors (Lipinski definition) is 3. The molecule has 2 aromatic rings. The molecule has 0 amide bonds. The van der Waals surface area contributed by atoms with Gasteiger partial charge in [-0.15, -0.1) is 0 Å². The Kier molecular flexibility index (Phi) is 4.53. The molecule has 92 valence electrons. The highest BCUT2D eigenvalue weighted by Crippen LogP contribution is 2.11. The van der Waals surface area contributed by atoms with E-state index in [4.69, 9.17) is 0 Å². The maximum absolute atomic E-state index is 4.21. The second-order valence-electron chi connectivity index (χ2n) is 4.11. The molecule has 0 aliphatic carbocycles. The first kappa shape index (κ1) is 12.1. The van der Waals surface area contributed by atoms with Crippen LogP contribution in [0.1, 0.15) is 12.5 Å². The predicted octanol–water partition coefficient (Wildman–Crippen LogP) is 1.30. The third-order valence-electron chi connectivity index (χ3n) is 2.80. The quantitative estimate of drug-likeness (QED) is 0.631. The lowest BCUT2D eigenvalue weighted by Crippen LogP contribution is -2.28. The molecule has 4 heteroatoms. The van der Waals surface area contributed by atoms with E-state index in [1.54, 1.807) is 6.33 Å². The van der Waals surface area contributed by atoms with E-state index in [0.29, 0.717) is 0 Å². The number of H-pyrrole nitrogens is 1. The topological polar surface area (TPSA) is 52.7 Å². The fourth-order valence-corrected chi connectivity index (χ4v) is 1.85. The Morgan fingerprint density at radius 1 is 1.18 bits per heavy atom. The van der Waals surface area contributed by atoms with Crippen LogP contribution in [0.2, 0.25) is 0 Å². The Morgan fingerprint density at radius 2 is 2.06 bits per heavy atom. The largest absolute Gasteiger partial charge is 0.345 e. The van der Waals surface area contributed by atoms with Crippen molar-refractivity contribution in [3.8, 4) is 0 Å². The molecule has 1 aromatic heterocycles. The lowest BCUT2D eigenvalue weighted by atomic mass is 10.1. The van der Waals surface area contributed by atoms with Gasteiger partial charge in [-0.25, -0.2) is 4.98 Å². The molecule has 1 heterocycles. The summed E-state index contributed by atoms with van der Waals surface area (Å²) in [6.07, 6.45) is 2.80. The molecule has 1 aromatic carbocycles. The number of hydrogen-bond donors (Lipinski definition) is 3. The summed E-state index contributed by atoms with van der Waals surface area (Å²) in [6, 6.07) is 6.39. The molecular weight excluding hydrogens is 212 g/mol. The second-order valence-corrected chi connectivity index (χ2v) is 4.11. The molecule has 3 N–H and O–H groups in total. The van der Waals surface area contributed by atoms with Crippen LogP contribution in [0.4, 0.5) is 0 Å². The molecule has 2 rings (SSSR count). The van der Waals surface area contributed by atoms with Crippen molar-refractivity contribution >= 4 is 11.0 Å². The molecule has 4 nitrogen and oxygen atoms in total. The average molecular weight is 232 g/mol. The highest BCUT2D eigenvalue weighted by molar-refractivity contribution is 5.74. The summed E-state index contributed by atoms with van der Waals surface area (Å²) in [7, 11) is 0. The Labute approximate surface area is 102 Å². The fourth-order valence-electron chi connectivity index (χ4n) is 1.85. The monoisotopic (exact) mass is 232 g/mol. The van der Waals surface area contributed by atoms with Crippen LogP contribution in [-0.2, 0) is 6.42 Å². The van der Waals surface area contributed by atoms with Gasteiger partial charge < -0.3 is 15.6 Å². The summed E-state index contributed by atoms with van der Waals surface area (Å²) in [4.78, 5) is 7.35. The minimum atomic E-state index is 1.02. The molecule has 0 radical (unpaired) electrons. The minimum Gasteiger partial charge on any atom is -0.345 e. The van der Waals surface area contributed by atoms with Crippen LogP contribution >= 0.6 is 0 Å². The van der Waals surface area contributed by atoms with Crippen LogP contribution in [0.3, 0.4) is 0 Å². The van der Waals surface area contributed by atoms with E-state index in [2.05, 4.69) is 45.7 Å². The van der Waals surface area contributed by atoms with Gasteiger partial charge in [0.05, 0.1) is 17.4 Å². The van der Waals surface area contributed by atoms with E-state index >= 15 is 0 Å². The first-order chi connectivity index (χ1) is 8.40. The SMILES string of the molecule is CCNCCNCCc1ccc2nc[nH]c2c1. The number of likely N-dealkylation sites (N-methyl/N-ethyl adjacent to an activating group) is 1. The zero-order valence-corrected chi connectivity index (χ0v) is 10.3. The van der Waals surface area contributed by atoms with Crippen LogP contribution in [0.25, 0.3) is 11.0 Å². The van der Waals surface area contributed by atoms with Crippen molar-refractivity contribution < 1.29 is 0 Å². The Morgan fingerprint density at radius 3 is 2.94 bits per heavy atom. The molecule has 0 atom stereocenters. The van der Waals surface area contributed by atoms with Gasteiger partial charge in [-0.1, -0.05) is 13.0 Å². The lowest BCUT2D eigenvalue weighted by molar-refractivity contribution is 0.624. The molecule has 0 saturated heterocycles. The summed E-state index contributed by atoms with van der Waals surface area (Å²) in [5.41, 5.74) is 3.50. The zero-order chi connectivity index (χ0) is 11.9. The second kappa shape index (κ2) is 6.37. The highest BCUT2D eigenvalue weighted by Gasteiger charge is 1.98. The van der Waals surface area contributed by atoms with E-state index in [0.717, 1.165) is 43.6 Å². The molecular formula is C13H20N4. The van der Waals surface area contributed by atoms with E-state index < -0.39 is 0 Å². The number of rotatable bonds is 7. The average Bonchev–Trinajstić information content (AvgIpc) is 2.81. The molecule has 17 heavy (non-hydrogen) atoms. The Hall–Kier alpha value is -1.39. The number of imidazole rings is 1. The van der Waals surface area contributed by atoms with Crippen molar-refractivity contribution in [3.63, 3.8) is 0 Å². The van der Waals surface area contributed by atoms with Crippen molar-refractivity contribution in [1.82, 2.24) is 20.6 Å². The van der Waals surface area contributed by atoms with Crippen molar-refractivity contribution in [2.24, 2.45) is 0 Å². The number of fused-ring (bicyclic) bond motifs is 1. The van der Waals surface area contributed by atoms with E-state index in [1.807, 2.05) is 0 Å². The first-order valence-corrected chi connectivity index (χ1v) is 6.23. The van der Waals surface area contributed by atoms with Crippen molar-refractivity contribution in [2.45, 2.75) is 13.3 Å². The summed E-state index contributed by atoms with van der Waals surface area (Å²) in [5.74, 6) is 0. The molecule has 0 aliphatic heterocycles. The summed E-state index contributed by atoms with van der Waals surface area (Å²) in [5, 5.41) is 6.71. The molecule has 0 bridgehead atoms. The molecule has 0 saturated carbocycles. The number of aromatic nitrogens is 2. The summed E-state index contributed by atoms with van der Waals surface area (Å²) >= 11 is 0. The fraction of sp³-hybridized carbons (Fsp3) is 0.462. The maximum atomic E-state index is 4.21. The number of aromatic amines is 1. The van der Waals surface area contributed by atoms with Crippen LogP contribution in [0.5, 0.6) is 0 Å². The van der Waals surface area contributed by atoms with Gasteiger partial charge in [0.2, 0.25) is 0 Å². The van der Waals surface area contributed by atoms with Gasteiger partial charge in [0.1, 0.15) is 0 Å². The normalized spacial score (nSPS) is 11.1. The van der Waals surface area contributed by atoms with Crippen LogP contribution in [-0.4, -0.2) is 36.1 Å². The van der Waals surface area contributed by atoms with Crippen LogP contribution in [0, 0.1) is 0 Å². The van der Waals surface area contributed by atoms with E-state index in [1.165, 1.54) is 5.56 Å². The van der Waals surface area contributed by atoms with Crippen molar-refractivity contribution in [2.75, 3.05) is 26.2 Å². The zero-order valence-electron chi connectivity index (χ0n) is 10.3. The summed E-state index contributed by atoms with van der Waals surface area (Å²) in [6.45, 7) is 6.25. The Bertz CT molecular complexity index is 449. The van der Waals surface area contributed by atoms with Gasteiger partial charge in [0.25, 0.3) is 0 Å². The van der Waals surface area contributed by atoms with Gasteiger partial charge in [0, 0.05) is 13.1 Å². The number of nitrogens with zero attached hydrogens (tertiary/aromatic N) is 1.